The van der Waals surface area contributed by atoms with E-state index < -0.39 is 31.6 Å². The summed E-state index contributed by atoms with van der Waals surface area (Å²) in [6.07, 6.45) is -11.7. The van der Waals surface area contributed by atoms with Crippen LogP contribution in [0.25, 0.3) is 0 Å². The highest BCUT2D eigenvalue weighted by molar-refractivity contribution is 6.92. The van der Waals surface area contributed by atoms with Gasteiger partial charge in [-0.05, 0) is 5.04 Å². The van der Waals surface area contributed by atoms with E-state index in [1.54, 1.807) is 0 Å². The topological polar surface area (TPSA) is 20.2 Å². The lowest BCUT2D eigenvalue weighted by Crippen LogP contribution is -2.54. The van der Waals surface area contributed by atoms with Gasteiger partial charge >= 0.3 is 12.4 Å². The summed E-state index contributed by atoms with van der Waals surface area (Å²) in [6.45, 7) is 9.92. The number of rotatable bonds is 2. The molecule has 1 aromatic carbocycles. The molecule has 1 N–H and O–H groups in total. The minimum Gasteiger partial charge on any atom is -0.369 e. The highest BCUT2D eigenvalue weighted by Gasteiger charge is 2.71. The van der Waals surface area contributed by atoms with Crippen LogP contribution < -0.4 is 5.19 Å². The van der Waals surface area contributed by atoms with Gasteiger partial charge in [0.25, 0.3) is 5.60 Å². The van der Waals surface area contributed by atoms with Gasteiger partial charge in [0, 0.05) is 5.56 Å². The van der Waals surface area contributed by atoms with E-state index in [2.05, 4.69) is 0 Å². The fourth-order valence-corrected chi connectivity index (χ4v) is 3.92. The average molecular weight is 358 g/mol. The van der Waals surface area contributed by atoms with Crippen LogP contribution in [-0.4, -0.2) is 25.5 Å². The molecule has 1 rings (SSSR count). The Morgan fingerprint density at radius 3 is 1.39 bits per heavy atom. The van der Waals surface area contributed by atoms with Gasteiger partial charge in [0.15, 0.2) is 0 Å². The van der Waals surface area contributed by atoms with Crippen molar-refractivity contribution >= 4 is 13.3 Å². The van der Waals surface area contributed by atoms with E-state index in [-0.39, 0.29) is 5.04 Å². The van der Waals surface area contributed by atoms with Gasteiger partial charge in [-0.1, -0.05) is 63.3 Å². The smallest absolute Gasteiger partial charge is 0.369 e. The second kappa shape index (κ2) is 5.51. The van der Waals surface area contributed by atoms with Crippen LogP contribution in [0, 0.1) is 0 Å². The molecule has 23 heavy (non-hydrogen) atoms. The van der Waals surface area contributed by atoms with Gasteiger partial charge in [0.1, 0.15) is 0 Å². The molecule has 0 aliphatic rings. The minimum absolute atomic E-state index is 0.126. The van der Waals surface area contributed by atoms with Crippen LogP contribution in [0.5, 0.6) is 0 Å². The first kappa shape index (κ1) is 20.0. The van der Waals surface area contributed by atoms with Gasteiger partial charge in [-0.2, -0.15) is 26.3 Å². The van der Waals surface area contributed by atoms with Crippen LogP contribution in [0.1, 0.15) is 26.3 Å². The van der Waals surface area contributed by atoms with E-state index in [1.165, 1.54) is 12.1 Å². The van der Waals surface area contributed by atoms with E-state index in [9.17, 15) is 31.4 Å². The van der Waals surface area contributed by atoms with Crippen molar-refractivity contribution in [3.05, 3.63) is 29.8 Å². The number of halogens is 6. The maximum absolute atomic E-state index is 12.8. The van der Waals surface area contributed by atoms with E-state index in [1.807, 2.05) is 33.9 Å². The molecule has 0 amide bonds. The number of hydrogen-bond donors (Lipinski definition) is 1. The lowest BCUT2D eigenvalue weighted by atomic mass is 9.92. The summed E-state index contributed by atoms with van der Waals surface area (Å²) >= 11 is 0. The van der Waals surface area contributed by atoms with Crippen molar-refractivity contribution in [3.63, 3.8) is 0 Å². The molecule has 0 spiro atoms. The molecule has 0 heterocycles. The van der Waals surface area contributed by atoms with Gasteiger partial charge in [-0.3, -0.25) is 0 Å². The highest BCUT2D eigenvalue weighted by atomic mass is 28.3. The first-order valence-electron chi connectivity index (χ1n) is 6.93. The third-order valence-corrected chi connectivity index (χ3v) is 10.2. The SMILES string of the molecule is CC(C)(C)[Si](C)(C)c1ccc(C(O)(C(F)(F)F)C(F)(F)F)cc1. The molecule has 1 nitrogen and oxygen atoms in total. The first-order chi connectivity index (χ1) is 9.96. The predicted molar refractivity (Wildman–Crippen MR) is 79.3 cm³/mol. The summed E-state index contributed by atoms with van der Waals surface area (Å²) < 4.78 is 77.1. The van der Waals surface area contributed by atoms with Gasteiger partial charge in [-0.25, -0.2) is 0 Å². The van der Waals surface area contributed by atoms with E-state index in [0.29, 0.717) is 0 Å². The fraction of sp³-hybridized carbons (Fsp3) is 0.600. The summed E-state index contributed by atoms with van der Waals surface area (Å²) in [6, 6.07) is 3.96. The summed E-state index contributed by atoms with van der Waals surface area (Å²) in [5, 5.41) is 9.97. The zero-order valence-corrected chi connectivity index (χ0v) is 14.5. The number of hydrogen-bond acceptors (Lipinski definition) is 1. The molecule has 0 aliphatic heterocycles. The van der Waals surface area contributed by atoms with Gasteiger partial charge < -0.3 is 5.11 Å². The second-order valence-electron chi connectivity index (χ2n) is 7.16. The zero-order chi connectivity index (χ0) is 18.5. The Bertz CT molecular complexity index is 537. The van der Waals surface area contributed by atoms with E-state index >= 15 is 0 Å². The second-order valence-corrected chi connectivity index (χ2v) is 12.5. The summed E-state index contributed by atoms with van der Waals surface area (Å²) in [5.41, 5.74) is -6.09. The van der Waals surface area contributed by atoms with Crippen LogP contribution in [-0.2, 0) is 5.60 Å². The monoisotopic (exact) mass is 358 g/mol. The van der Waals surface area contributed by atoms with Gasteiger partial charge in [0.2, 0.25) is 0 Å². The lowest BCUT2D eigenvalue weighted by molar-refractivity contribution is -0.376. The standard InChI is InChI=1S/C15H20F6OSi/c1-12(2,3)23(4,5)11-8-6-10(7-9-11)13(22,14(16,17)18)15(19,20)21/h6-9,22H,1-5H3. The molecule has 0 unspecified atom stereocenters. The average Bonchev–Trinajstić information content (AvgIpc) is 2.33. The molecule has 0 aromatic heterocycles. The molecule has 0 saturated heterocycles. The van der Waals surface area contributed by atoms with Crippen molar-refractivity contribution in [2.75, 3.05) is 0 Å². The molecule has 132 valence electrons. The Hall–Kier alpha value is -1.02. The molecule has 0 fully saturated rings. The number of aliphatic hydroxyl groups is 1. The summed E-state index contributed by atoms with van der Waals surface area (Å²) in [4.78, 5) is 0. The molecule has 0 aliphatic carbocycles. The van der Waals surface area contributed by atoms with Gasteiger partial charge in [-0.15, -0.1) is 0 Å². The third kappa shape index (κ3) is 3.28. The van der Waals surface area contributed by atoms with Crippen molar-refractivity contribution < 1.29 is 31.4 Å². The van der Waals surface area contributed by atoms with Crippen molar-refractivity contribution in [2.45, 2.75) is 56.9 Å². The van der Waals surface area contributed by atoms with E-state index in [0.717, 1.165) is 17.3 Å². The molecule has 0 saturated carbocycles. The van der Waals surface area contributed by atoms with Crippen LogP contribution in [0.4, 0.5) is 26.3 Å². The Kier molecular flexibility index (Phi) is 4.80. The van der Waals surface area contributed by atoms with Crippen LogP contribution in [0.3, 0.4) is 0 Å². The number of benzene rings is 1. The molecule has 0 atom stereocenters. The zero-order valence-electron chi connectivity index (χ0n) is 13.5. The first-order valence-corrected chi connectivity index (χ1v) is 9.93. The predicted octanol–water partition coefficient (Wildman–Crippen LogP) is 4.71. The molecule has 1 aromatic rings. The lowest BCUT2D eigenvalue weighted by Gasteiger charge is -2.38. The molecule has 0 bridgehead atoms. The van der Waals surface area contributed by atoms with Crippen molar-refractivity contribution in [2.24, 2.45) is 0 Å². The highest BCUT2D eigenvalue weighted by Crippen LogP contribution is 2.50. The third-order valence-electron chi connectivity index (χ3n) is 4.72. The van der Waals surface area contributed by atoms with Crippen LogP contribution >= 0.6 is 0 Å². The van der Waals surface area contributed by atoms with E-state index in [4.69, 9.17) is 0 Å². The summed E-state index contributed by atoms with van der Waals surface area (Å²) in [7, 11) is -2.10. The minimum atomic E-state index is -5.86. The van der Waals surface area contributed by atoms with Crippen LogP contribution in [0.2, 0.25) is 18.1 Å². The quantitative estimate of drug-likeness (QED) is 0.599. The summed E-state index contributed by atoms with van der Waals surface area (Å²) in [5.74, 6) is 0. The molecular weight excluding hydrogens is 338 g/mol. The van der Waals surface area contributed by atoms with Crippen molar-refractivity contribution in [1.82, 2.24) is 0 Å². The Balaban J connectivity index is 3.43. The Labute approximate surface area is 132 Å². The van der Waals surface area contributed by atoms with Crippen molar-refractivity contribution in [1.29, 1.82) is 0 Å². The normalized spacial score (nSPS) is 15.0. The largest absolute Gasteiger partial charge is 0.430 e. The van der Waals surface area contributed by atoms with Crippen LogP contribution in [0.15, 0.2) is 24.3 Å². The Morgan fingerprint density at radius 2 is 1.13 bits per heavy atom. The van der Waals surface area contributed by atoms with Crippen molar-refractivity contribution in [3.8, 4) is 0 Å². The van der Waals surface area contributed by atoms with Gasteiger partial charge in [0.05, 0.1) is 8.07 Å². The number of alkyl halides is 6. The molecular formula is C15H20F6OSi. The maximum atomic E-state index is 12.8. The fourth-order valence-electron chi connectivity index (χ4n) is 2.05. The maximum Gasteiger partial charge on any atom is 0.430 e. The molecule has 0 radical (unpaired) electrons. The Morgan fingerprint density at radius 1 is 0.783 bits per heavy atom. The molecule has 8 heteroatoms.